The Morgan fingerprint density at radius 3 is 2.43 bits per heavy atom. The van der Waals surface area contributed by atoms with Crippen molar-refractivity contribution in [2.75, 3.05) is 19.0 Å². The Morgan fingerprint density at radius 1 is 1.00 bits per heavy atom. The van der Waals surface area contributed by atoms with Crippen LogP contribution in [0.15, 0.2) is 89.0 Å². The number of nitro groups is 1. The molecular weight excluding hydrogens is 682 g/mol. The molecule has 0 bridgehead atoms. The van der Waals surface area contributed by atoms with E-state index in [1.54, 1.807) is 54.0 Å². The first-order valence-corrected chi connectivity index (χ1v) is 16.8. The SMILES string of the molecule is CCn1cc(C(=O)OCC2=C(C(=O)OCc3ccc([N+](=O)[O-])cc3)N3C(=O)[C@@H](NC(=O)COc4ccccc4)[C@H]3SC2)c(=O)c2ccc(C)nc21. The maximum atomic E-state index is 13.6. The van der Waals surface area contributed by atoms with Gasteiger partial charge in [-0.3, -0.25) is 29.4 Å². The van der Waals surface area contributed by atoms with Crippen LogP contribution in [0, 0.1) is 17.0 Å². The van der Waals surface area contributed by atoms with Gasteiger partial charge < -0.3 is 24.1 Å². The van der Waals surface area contributed by atoms with Crippen molar-refractivity contribution >= 4 is 52.2 Å². The van der Waals surface area contributed by atoms with Gasteiger partial charge in [0.25, 0.3) is 17.5 Å². The summed E-state index contributed by atoms with van der Waals surface area (Å²) in [6.45, 7) is 3.01. The van der Waals surface area contributed by atoms with Gasteiger partial charge in [0.1, 0.15) is 47.3 Å². The Labute approximate surface area is 294 Å². The molecular formula is C35H31N5O10S. The largest absolute Gasteiger partial charge is 0.484 e. The fourth-order valence-electron chi connectivity index (χ4n) is 5.57. The zero-order valence-electron chi connectivity index (χ0n) is 27.4. The van der Waals surface area contributed by atoms with Crippen molar-refractivity contribution in [3.8, 4) is 5.75 Å². The van der Waals surface area contributed by atoms with Crippen molar-refractivity contribution in [2.24, 2.45) is 0 Å². The summed E-state index contributed by atoms with van der Waals surface area (Å²) in [6, 6.07) is 16.4. The van der Waals surface area contributed by atoms with Crippen molar-refractivity contribution in [1.29, 1.82) is 0 Å². The third-order valence-electron chi connectivity index (χ3n) is 8.19. The minimum atomic E-state index is -0.967. The molecule has 1 fully saturated rings. The van der Waals surface area contributed by atoms with E-state index in [-0.39, 0.29) is 46.9 Å². The predicted octanol–water partition coefficient (Wildman–Crippen LogP) is 3.27. The summed E-state index contributed by atoms with van der Waals surface area (Å²) >= 11 is 1.24. The number of nitro benzene ring substituents is 1. The van der Waals surface area contributed by atoms with E-state index < -0.39 is 52.1 Å². The number of amides is 2. The lowest BCUT2D eigenvalue weighted by molar-refractivity contribution is -0.384. The number of hydrogen-bond donors (Lipinski definition) is 1. The van der Waals surface area contributed by atoms with Gasteiger partial charge in [-0.05, 0) is 55.8 Å². The summed E-state index contributed by atoms with van der Waals surface area (Å²) < 4.78 is 18.2. The molecule has 2 aromatic carbocycles. The van der Waals surface area contributed by atoms with Gasteiger partial charge in [0.05, 0.1) is 10.3 Å². The molecule has 2 amide bonds. The molecule has 0 saturated carbocycles. The molecule has 0 spiro atoms. The molecule has 2 aromatic heterocycles. The summed E-state index contributed by atoms with van der Waals surface area (Å²) in [7, 11) is 0. The molecule has 6 rings (SSSR count). The van der Waals surface area contributed by atoms with E-state index in [9.17, 15) is 34.1 Å². The highest BCUT2D eigenvalue weighted by Gasteiger charge is 2.54. The van der Waals surface area contributed by atoms with Crippen LogP contribution < -0.4 is 15.5 Å². The Bertz CT molecular complexity index is 2130. The van der Waals surface area contributed by atoms with Gasteiger partial charge in [0.2, 0.25) is 5.43 Å². The number of aryl methyl sites for hydroxylation is 2. The molecule has 1 N–H and O–H groups in total. The number of para-hydroxylation sites is 1. The smallest absolute Gasteiger partial charge is 0.355 e. The van der Waals surface area contributed by atoms with Gasteiger partial charge in [-0.25, -0.2) is 14.6 Å². The van der Waals surface area contributed by atoms with E-state index in [1.165, 1.54) is 47.1 Å². The lowest BCUT2D eigenvalue weighted by Gasteiger charge is -2.49. The van der Waals surface area contributed by atoms with E-state index in [4.69, 9.17) is 14.2 Å². The zero-order chi connectivity index (χ0) is 36.2. The molecule has 2 atom stereocenters. The highest BCUT2D eigenvalue weighted by Crippen LogP contribution is 2.41. The fourth-order valence-corrected chi connectivity index (χ4v) is 6.90. The van der Waals surface area contributed by atoms with Crippen LogP contribution in [0.5, 0.6) is 5.75 Å². The number of hydrogen-bond acceptors (Lipinski definition) is 12. The normalized spacial score (nSPS) is 16.6. The zero-order valence-corrected chi connectivity index (χ0v) is 28.2. The number of carbonyl (C=O) groups is 4. The molecule has 15 nitrogen and oxygen atoms in total. The van der Waals surface area contributed by atoms with Crippen molar-refractivity contribution < 1.29 is 38.3 Å². The third-order valence-corrected chi connectivity index (χ3v) is 9.53. The number of ether oxygens (including phenoxy) is 3. The van der Waals surface area contributed by atoms with Gasteiger partial charge in [-0.1, -0.05) is 18.2 Å². The quantitative estimate of drug-likeness (QED) is 0.0978. The van der Waals surface area contributed by atoms with Crippen LogP contribution >= 0.6 is 11.8 Å². The van der Waals surface area contributed by atoms with E-state index >= 15 is 0 Å². The van der Waals surface area contributed by atoms with Crippen LogP contribution in [0.2, 0.25) is 0 Å². The van der Waals surface area contributed by atoms with Crippen LogP contribution in [-0.2, 0) is 37.0 Å². The van der Waals surface area contributed by atoms with Crippen LogP contribution in [0.25, 0.3) is 11.0 Å². The van der Waals surface area contributed by atoms with Crippen molar-refractivity contribution in [3.63, 3.8) is 0 Å². The highest BCUT2D eigenvalue weighted by molar-refractivity contribution is 8.00. The summed E-state index contributed by atoms with van der Waals surface area (Å²) in [6.07, 6.45) is 1.38. The average Bonchev–Trinajstić information content (AvgIpc) is 3.14. The first-order valence-electron chi connectivity index (χ1n) is 15.8. The van der Waals surface area contributed by atoms with E-state index in [0.29, 0.717) is 29.2 Å². The van der Waals surface area contributed by atoms with Gasteiger partial charge in [-0.2, -0.15) is 0 Å². The molecule has 51 heavy (non-hydrogen) atoms. The Kier molecular flexibility index (Phi) is 10.1. The number of aromatic nitrogens is 2. The number of nitrogens with one attached hydrogen (secondary N) is 1. The molecule has 4 aromatic rings. The maximum Gasteiger partial charge on any atom is 0.355 e. The Hall–Kier alpha value is -6.03. The summed E-state index contributed by atoms with van der Waals surface area (Å²) in [4.78, 5) is 82.4. The highest BCUT2D eigenvalue weighted by atomic mass is 32.2. The lowest BCUT2D eigenvalue weighted by Crippen LogP contribution is -2.71. The standard InChI is InChI=1S/C35H31N5O10S/c1-3-38-15-26(30(42)25-14-9-20(2)36-31(25)38)34(44)50-17-22-19-51-33-28(37-27(41)18-48-24-7-5-4-6-8-24)32(43)39(33)29(22)35(45)49-16-21-10-12-23(13-11-21)40(46)47/h4-15,28,33H,3,16-19H2,1-2H3,(H,37,41)/t28-,33-/m1/s1. The monoisotopic (exact) mass is 713 g/mol. The van der Waals surface area contributed by atoms with Crippen LogP contribution in [-0.4, -0.2) is 73.5 Å². The van der Waals surface area contributed by atoms with Crippen LogP contribution in [0.1, 0.15) is 28.5 Å². The summed E-state index contributed by atoms with van der Waals surface area (Å²) in [5.41, 5.74) is 0.757. The number of fused-ring (bicyclic) bond motifs is 2. The average molecular weight is 714 g/mol. The van der Waals surface area contributed by atoms with E-state index in [1.807, 2.05) is 6.92 Å². The molecule has 16 heteroatoms. The van der Waals surface area contributed by atoms with E-state index in [2.05, 4.69) is 10.3 Å². The van der Waals surface area contributed by atoms with Gasteiger partial charge in [-0.15, -0.1) is 11.8 Å². The number of esters is 2. The van der Waals surface area contributed by atoms with Crippen molar-refractivity contribution in [1.82, 2.24) is 19.8 Å². The Balaban J connectivity index is 1.21. The predicted molar refractivity (Wildman–Crippen MR) is 184 cm³/mol. The van der Waals surface area contributed by atoms with Crippen LogP contribution in [0.3, 0.4) is 0 Å². The molecule has 262 valence electrons. The molecule has 0 radical (unpaired) electrons. The minimum absolute atomic E-state index is 0.122. The second kappa shape index (κ2) is 14.8. The molecule has 1 saturated heterocycles. The number of nitrogens with zero attached hydrogens (tertiary/aromatic N) is 4. The topological polar surface area (TPSA) is 189 Å². The van der Waals surface area contributed by atoms with E-state index in [0.717, 1.165) is 0 Å². The molecule has 2 aliphatic rings. The third kappa shape index (κ3) is 7.30. The number of benzene rings is 2. The number of non-ortho nitro benzene ring substituents is 1. The number of β-lactam (4-membered cyclic amide) rings is 1. The lowest BCUT2D eigenvalue weighted by atomic mass is 10.0. The first kappa shape index (κ1) is 34.8. The van der Waals surface area contributed by atoms with Gasteiger partial charge >= 0.3 is 11.9 Å². The number of pyridine rings is 2. The fraction of sp³-hybridized carbons (Fsp3) is 0.257. The number of rotatable bonds is 12. The Morgan fingerprint density at radius 2 is 1.73 bits per heavy atom. The number of carbonyl (C=O) groups excluding carboxylic acids is 4. The minimum Gasteiger partial charge on any atom is -0.484 e. The van der Waals surface area contributed by atoms with Gasteiger partial charge in [0, 0.05) is 41.9 Å². The summed E-state index contributed by atoms with van der Waals surface area (Å²) in [5.74, 6) is -2.37. The van der Waals surface area contributed by atoms with Crippen molar-refractivity contribution in [2.45, 2.75) is 38.4 Å². The maximum absolute atomic E-state index is 13.6. The van der Waals surface area contributed by atoms with Gasteiger partial charge in [0.15, 0.2) is 6.61 Å². The molecule has 2 aliphatic heterocycles. The molecule has 0 aliphatic carbocycles. The first-order chi connectivity index (χ1) is 24.5. The number of thioether (sulfide) groups is 1. The summed E-state index contributed by atoms with van der Waals surface area (Å²) in [5, 5.41) is 13.3. The molecule has 4 heterocycles. The second-order valence-electron chi connectivity index (χ2n) is 11.6. The van der Waals surface area contributed by atoms with Crippen LogP contribution in [0.4, 0.5) is 5.69 Å². The molecule has 0 unspecified atom stereocenters. The second-order valence-corrected chi connectivity index (χ2v) is 12.7. The van der Waals surface area contributed by atoms with Crippen molar-refractivity contribution in [3.05, 3.63) is 121 Å².